The Morgan fingerprint density at radius 3 is 1.56 bits per heavy atom. The molecule has 3 rings (SSSR count). The van der Waals surface area contributed by atoms with E-state index >= 15 is 0 Å². The van der Waals surface area contributed by atoms with Gasteiger partial charge in [-0.25, -0.2) is 0 Å². The van der Waals surface area contributed by atoms with Gasteiger partial charge in [-0.2, -0.15) is 0 Å². The largest absolute Gasteiger partial charge is 0.488 e. The van der Waals surface area contributed by atoms with Gasteiger partial charge >= 0.3 is 11.9 Å². The van der Waals surface area contributed by atoms with Gasteiger partial charge in [0.25, 0.3) is 0 Å². The topological polar surface area (TPSA) is 89.5 Å². The summed E-state index contributed by atoms with van der Waals surface area (Å²) in [5, 5.41) is 3.46. The lowest BCUT2D eigenvalue weighted by Gasteiger charge is -2.23. The highest BCUT2D eigenvalue weighted by Gasteiger charge is 2.22. The molecule has 8 nitrogen and oxygen atoms in total. The maximum absolute atomic E-state index is 12.2. The third-order valence-corrected chi connectivity index (χ3v) is 6.43. The monoisotopic (exact) mass is 568 g/mol. The molecule has 8 heteroatoms. The summed E-state index contributed by atoms with van der Waals surface area (Å²) in [5.41, 5.74) is 1.06. The Hall–Kier alpha value is -3.36. The van der Waals surface area contributed by atoms with Gasteiger partial charge in [-0.3, -0.25) is 9.59 Å². The third-order valence-electron chi connectivity index (χ3n) is 6.43. The summed E-state index contributed by atoms with van der Waals surface area (Å²) >= 11 is 0. The van der Waals surface area contributed by atoms with Crippen molar-refractivity contribution >= 4 is 33.5 Å². The van der Waals surface area contributed by atoms with Crippen LogP contribution in [0.25, 0.3) is 21.5 Å². The number of carbonyl (C=O) groups is 2. The van der Waals surface area contributed by atoms with Crippen LogP contribution in [0.1, 0.15) is 58.9 Å². The molecule has 41 heavy (non-hydrogen) atoms. The van der Waals surface area contributed by atoms with E-state index in [0.717, 1.165) is 27.1 Å². The number of hydrogen-bond donors (Lipinski definition) is 0. The molecule has 0 aliphatic rings. The molecular weight excluding hydrogens is 524 g/mol. The zero-order valence-corrected chi connectivity index (χ0v) is 25.0. The number of hydrogen-bond acceptors (Lipinski definition) is 8. The first-order valence-corrected chi connectivity index (χ1v) is 14.7. The highest BCUT2D eigenvalue weighted by Crippen LogP contribution is 2.43. The Bertz CT molecular complexity index is 1270. The lowest BCUT2D eigenvalue weighted by molar-refractivity contribution is -0.154. The van der Waals surface area contributed by atoms with Gasteiger partial charge in [0.2, 0.25) is 0 Å². The molecule has 224 valence electrons. The fraction of sp³-hybridized carbons (Fsp3) is 0.515. The molecule has 0 aliphatic carbocycles. The molecule has 0 fully saturated rings. The number of aryl methyl sites for hydroxylation is 1. The Kier molecular flexibility index (Phi) is 13.2. The van der Waals surface area contributed by atoms with Gasteiger partial charge < -0.3 is 28.4 Å². The summed E-state index contributed by atoms with van der Waals surface area (Å²) < 4.78 is 35.3. The number of benzene rings is 3. The van der Waals surface area contributed by atoms with E-state index in [1.165, 1.54) is 0 Å². The number of fused-ring (bicyclic) bond motifs is 2. The Morgan fingerprint density at radius 1 is 0.634 bits per heavy atom. The fourth-order valence-corrected chi connectivity index (χ4v) is 4.51. The Labute approximate surface area is 243 Å². The second-order valence-corrected chi connectivity index (χ2v) is 9.92. The van der Waals surface area contributed by atoms with Gasteiger partial charge in [0, 0.05) is 47.6 Å². The van der Waals surface area contributed by atoms with Gasteiger partial charge in [0.1, 0.15) is 24.7 Å². The number of ether oxygens (including phenoxy) is 6. The number of carbonyl (C=O) groups excluding carboxylic acids is 2. The summed E-state index contributed by atoms with van der Waals surface area (Å²) in [5.74, 6) is 0.823. The van der Waals surface area contributed by atoms with Crippen LogP contribution in [0.2, 0.25) is 0 Å². The van der Waals surface area contributed by atoms with Crippen molar-refractivity contribution in [3.05, 3.63) is 48.0 Å². The Balaban J connectivity index is 1.97. The predicted octanol–water partition coefficient (Wildman–Crippen LogP) is 6.56. The summed E-state index contributed by atoms with van der Waals surface area (Å²) in [7, 11) is 0. The van der Waals surface area contributed by atoms with Crippen LogP contribution in [0.4, 0.5) is 0 Å². The van der Waals surface area contributed by atoms with Crippen molar-refractivity contribution in [2.75, 3.05) is 39.6 Å². The molecule has 0 radical (unpaired) electrons. The van der Waals surface area contributed by atoms with Gasteiger partial charge in [-0.15, -0.1) is 0 Å². The molecule has 0 saturated carbocycles. The van der Waals surface area contributed by atoms with Crippen LogP contribution < -0.4 is 9.47 Å². The van der Waals surface area contributed by atoms with Gasteiger partial charge in [-0.1, -0.05) is 55.8 Å². The van der Waals surface area contributed by atoms with Crippen LogP contribution in [0.3, 0.4) is 0 Å². The van der Waals surface area contributed by atoms with Crippen molar-refractivity contribution in [1.82, 2.24) is 0 Å². The zero-order chi connectivity index (χ0) is 29.6. The van der Waals surface area contributed by atoms with Gasteiger partial charge in [-0.05, 0) is 39.7 Å². The van der Waals surface area contributed by atoms with Crippen LogP contribution in [0.5, 0.6) is 11.5 Å². The predicted molar refractivity (Wildman–Crippen MR) is 160 cm³/mol. The van der Waals surface area contributed by atoms with E-state index in [0.29, 0.717) is 50.4 Å². The summed E-state index contributed by atoms with van der Waals surface area (Å²) in [6, 6.07) is 14.0. The van der Waals surface area contributed by atoms with Crippen molar-refractivity contribution in [3.8, 4) is 11.5 Å². The van der Waals surface area contributed by atoms with E-state index in [-0.39, 0.29) is 38.4 Å². The van der Waals surface area contributed by atoms with Crippen LogP contribution in [0.15, 0.2) is 42.5 Å². The molecule has 2 unspecified atom stereocenters. The standard InChI is InChI=1S/C33H44O8/c1-6-12-30(34)40-24(19-36-8-3)21-38-32-26-14-10-11-15-27(26)33(29-18-23(5)16-17-28(29)32)39-22-25(20-37-9-4)41-31(35)13-7-2/h10-11,14-18,24-25H,6-9,12-13,19-22H2,1-5H3. The molecule has 0 aliphatic heterocycles. The molecule has 0 saturated heterocycles. The first-order valence-electron chi connectivity index (χ1n) is 14.7. The van der Waals surface area contributed by atoms with E-state index in [1.54, 1.807) is 0 Å². The normalized spacial score (nSPS) is 12.7. The van der Waals surface area contributed by atoms with Crippen molar-refractivity contribution in [2.24, 2.45) is 0 Å². The van der Waals surface area contributed by atoms with Crippen LogP contribution in [-0.4, -0.2) is 63.8 Å². The Morgan fingerprint density at radius 2 is 1.10 bits per heavy atom. The SMILES string of the molecule is CCCC(=O)OC(COCC)COc1c2ccccc2c(OCC(COCC)OC(=O)CCC)c2cc(C)ccc12. The minimum Gasteiger partial charge on any atom is -0.488 e. The van der Waals surface area contributed by atoms with Gasteiger partial charge in [0.05, 0.1) is 13.2 Å². The average molecular weight is 569 g/mol. The lowest BCUT2D eigenvalue weighted by atomic mass is 9.99. The molecule has 0 aromatic heterocycles. The van der Waals surface area contributed by atoms with E-state index in [4.69, 9.17) is 28.4 Å². The number of rotatable bonds is 18. The first-order chi connectivity index (χ1) is 19.9. The summed E-state index contributed by atoms with van der Waals surface area (Å²) in [4.78, 5) is 24.5. The highest BCUT2D eigenvalue weighted by molar-refractivity contribution is 6.11. The number of esters is 2. The average Bonchev–Trinajstić information content (AvgIpc) is 2.96. The molecule has 0 N–H and O–H groups in total. The molecule has 3 aromatic rings. The molecule has 3 aromatic carbocycles. The zero-order valence-electron chi connectivity index (χ0n) is 25.0. The summed E-state index contributed by atoms with van der Waals surface area (Å²) in [6.45, 7) is 11.5. The van der Waals surface area contributed by atoms with Gasteiger partial charge in [0.15, 0.2) is 12.2 Å². The quantitative estimate of drug-likeness (QED) is 0.126. The van der Waals surface area contributed by atoms with Crippen LogP contribution in [0, 0.1) is 6.92 Å². The minimum absolute atomic E-state index is 0.145. The maximum atomic E-state index is 12.2. The van der Waals surface area contributed by atoms with Crippen molar-refractivity contribution < 1.29 is 38.0 Å². The lowest BCUT2D eigenvalue weighted by Crippen LogP contribution is -2.30. The van der Waals surface area contributed by atoms with E-state index in [1.807, 2.05) is 71.0 Å². The molecule has 0 amide bonds. The van der Waals surface area contributed by atoms with E-state index < -0.39 is 12.2 Å². The van der Waals surface area contributed by atoms with E-state index in [2.05, 4.69) is 6.07 Å². The van der Waals surface area contributed by atoms with Crippen molar-refractivity contribution in [3.63, 3.8) is 0 Å². The maximum Gasteiger partial charge on any atom is 0.306 e. The van der Waals surface area contributed by atoms with Crippen molar-refractivity contribution in [1.29, 1.82) is 0 Å². The second kappa shape index (κ2) is 16.8. The van der Waals surface area contributed by atoms with Crippen molar-refractivity contribution in [2.45, 2.75) is 72.5 Å². The van der Waals surface area contributed by atoms with Crippen LogP contribution >= 0.6 is 0 Å². The highest BCUT2D eigenvalue weighted by atomic mass is 16.6. The molecule has 0 bridgehead atoms. The smallest absolute Gasteiger partial charge is 0.306 e. The van der Waals surface area contributed by atoms with E-state index in [9.17, 15) is 9.59 Å². The second-order valence-electron chi connectivity index (χ2n) is 9.92. The third kappa shape index (κ3) is 9.33. The molecule has 2 atom stereocenters. The fourth-order valence-electron chi connectivity index (χ4n) is 4.51. The first kappa shape index (κ1) is 32.2. The molecule has 0 spiro atoms. The molecule has 0 heterocycles. The minimum atomic E-state index is -0.541. The summed E-state index contributed by atoms with van der Waals surface area (Å²) in [6.07, 6.45) is 1.03. The van der Waals surface area contributed by atoms with Crippen LogP contribution in [-0.2, 0) is 28.5 Å². The molecular formula is C33H44O8.